The first-order valence-corrected chi connectivity index (χ1v) is 14.5. The predicted molar refractivity (Wildman–Crippen MR) is 153 cm³/mol. The molecular formula is C29H33ClFN3O5S. The quantitative estimate of drug-likeness (QED) is 0.325. The Balaban J connectivity index is 2.01. The third-order valence-electron chi connectivity index (χ3n) is 6.14. The normalized spacial score (nSPS) is 12.1. The second kappa shape index (κ2) is 13.6. The van der Waals surface area contributed by atoms with Crippen LogP contribution in [0.3, 0.4) is 0 Å². The minimum atomic E-state index is -4.25. The van der Waals surface area contributed by atoms with E-state index in [9.17, 15) is 22.4 Å². The van der Waals surface area contributed by atoms with Gasteiger partial charge in [0.25, 0.3) is 10.0 Å². The van der Waals surface area contributed by atoms with Gasteiger partial charge in [0.1, 0.15) is 24.2 Å². The Morgan fingerprint density at radius 2 is 1.65 bits per heavy atom. The summed E-state index contributed by atoms with van der Waals surface area (Å²) in [6.07, 6.45) is 0. The number of amides is 2. The predicted octanol–water partition coefficient (Wildman–Crippen LogP) is 4.87. The van der Waals surface area contributed by atoms with Crippen LogP contribution in [0.15, 0.2) is 77.7 Å². The molecule has 0 radical (unpaired) electrons. The smallest absolute Gasteiger partial charge is 0.264 e. The van der Waals surface area contributed by atoms with Crippen molar-refractivity contribution in [3.05, 3.63) is 89.2 Å². The van der Waals surface area contributed by atoms with Crippen molar-refractivity contribution in [1.29, 1.82) is 0 Å². The van der Waals surface area contributed by atoms with Crippen LogP contribution >= 0.6 is 11.6 Å². The number of hydrogen-bond acceptors (Lipinski definition) is 5. The Labute approximate surface area is 239 Å². The van der Waals surface area contributed by atoms with E-state index in [-0.39, 0.29) is 28.1 Å². The zero-order chi connectivity index (χ0) is 29.4. The average molecular weight is 590 g/mol. The van der Waals surface area contributed by atoms with Gasteiger partial charge < -0.3 is 15.0 Å². The maximum Gasteiger partial charge on any atom is 0.264 e. The van der Waals surface area contributed by atoms with E-state index in [2.05, 4.69) is 5.32 Å². The zero-order valence-corrected chi connectivity index (χ0v) is 24.4. The highest BCUT2D eigenvalue weighted by Gasteiger charge is 2.32. The highest BCUT2D eigenvalue weighted by atomic mass is 35.5. The van der Waals surface area contributed by atoms with Crippen molar-refractivity contribution in [3.8, 4) is 5.75 Å². The van der Waals surface area contributed by atoms with Crippen LogP contribution in [-0.4, -0.2) is 51.4 Å². The maximum atomic E-state index is 13.9. The van der Waals surface area contributed by atoms with Crippen LogP contribution in [0.2, 0.25) is 5.02 Å². The third kappa shape index (κ3) is 7.95. The number of sulfonamides is 1. The lowest BCUT2D eigenvalue weighted by Crippen LogP contribution is -2.51. The summed E-state index contributed by atoms with van der Waals surface area (Å²) in [5.74, 6) is -0.812. The molecule has 2 amide bonds. The summed E-state index contributed by atoms with van der Waals surface area (Å²) in [5, 5.41) is 3.10. The van der Waals surface area contributed by atoms with Crippen LogP contribution in [0.25, 0.3) is 0 Å². The molecule has 0 aromatic heterocycles. The van der Waals surface area contributed by atoms with Crippen molar-refractivity contribution < 1.29 is 27.1 Å². The molecule has 0 saturated heterocycles. The molecule has 0 heterocycles. The summed E-state index contributed by atoms with van der Waals surface area (Å²) in [6.45, 7) is 5.21. The van der Waals surface area contributed by atoms with Crippen LogP contribution in [-0.2, 0) is 26.2 Å². The highest BCUT2D eigenvalue weighted by Crippen LogP contribution is 2.28. The molecule has 214 valence electrons. The fraction of sp³-hybridized carbons (Fsp3) is 0.310. The van der Waals surface area contributed by atoms with Crippen LogP contribution in [0.1, 0.15) is 26.3 Å². The van der Waals surface area contributed by atoms with Gasteiger partial charge in [-0.15, -0.1) is 0 Å². The Morgan fingerprint density at radius 3 is 2.23 bits per heavy atom. The molecule has 3 aromatic carbocycles. The molecule has 0 aliphatic carbocycles. The van der Waals surface area contributed by atoms with Crippen molar-refractivity contribution >= 4 is 39.1 Å². The standard InChI is InChI=1S/C29H33ClFN3O5S/c1-20(2)17-32-29(36)21(3)33(18-22-8-10-24(31)11-9-22)28(35)19-34(25-7-5-6-23(30)16-25)40(37,38)27-14-12-26(39-4)13-15-27/h5-16,20-21H,17-19H2,1-4H3,(H,32,36). The van der Waals surface area contributed by atoms with Gasteiger partial charge in [0.05, 0.1) is 17.7 Å². The molecule has 0 spiro atoms. The molecular weight excluding hydrogens is 557 g/mol. The largest absolute Gasteiger partial charge is 0.497 e. The van der Waals surface area contributed by atoms with Crippen LogP contribution < -0.4 is 14.4 Å². The number of halogens is 2. The van der Waals surface area contributed by atoms with Gasteiger partial charge in [-0.3, -0.25) is 13.9 Å². The number of rotatable bonds is 12. The van der Waals surface area contributed by atoms with Crippen molar-refractivity contribution in [1.82, 2.24) is 10.2 Å². The third-order valence-corrected chi connectivity index (χ3v) is 8.16. The number of methoxy groups -OCH3 is 1. The first-order chi connectivity index (χ1) is 18.9. The highest BCUT2D eigenvalue weighted by molar-refractivity contribution is 7.92. The van der Waals surface area contributed by atoms with Gasteiger partial charge in [0.15, 0.2) is 0 Å². The van der Waals surface area contributed by atoms with Gasteiger partial charge in [-0.1, -0.05) is 43.6 Å². The number of carbonyl (C=O) groups excluding carboxylic acids is 2. The molecule has 0 fully saturated rings. The summed E-state index contributed by atoms with van der Waals surface area (Å²) in [7, 11) is -2.78. The number of nitrogens with zero attached hydrogens (tertiary/aromatic N) is 2. The number of nitrogens with one attached hydrogen (secondary N) is 1. The van der Waals surface area contributed by atoms with Crippen LogP contribution in [0.5, 0.6) is 5.75 Å². The van der Waals surface area contributed by atoms with Crippen LogP contribution in [0.4, 0.5) is 10.1 Å². The van der Waals surface area contributed by atoms with E-state index in [1.54, 1.807) is 19.1 Å². The molecule has 0 bridgehead atoms. The van der Waals surface area contributed by atoms with E-state index in [1.807, 2.05) is 13.8 Å². The molecule has 1 unspecified atom stereocenters. The summed E-state index contributed by atoms with van der Waals surface area (Å²) >= 11 is 6.18. The lowest BCUT2D eigenvalue weighted by molar-refractivity contribution is -0.139. The minimum Gasteiger partial charge on any atom is -0.497 e. The molecule has 40 heavy (non-hydrogen) atoms. The molecule has 0 aliphatic rings. The molecule has 1 N–H and O–H groups in total. The van der Waals surface area contributed by atoms with E-state index < -0.39 is 40.2 Å². The summed E-state index contributed by atoms with van der Waals surface area (Å²) in [6, 6.07) is 16.5. The number of hydrogen-bond donors (Lipinski definition) is 1. The fourth-order valence-electron chi connectivity index (χ4n) is 3.86. The zero-order valence-electron chi connectivity index (χ0n) is 22.8. The van der Waals surface area contributed by atoms with E-state index in [1.165, 1.54) is 72.7 Å². The monoisotopic (exact) mass is 589 g/mol. The Kier molecular flexibility index (Phi) is 10.5. The number of benzene rings is 3. The second-order valence-corrected chi connectivity index (χ2v) is 11.9. The Morgan fingerprint density at radius 1 is 1.00 bits per heavy atom. The van der Waals surface area contributed by atoms with Crippen molar-refractivity contribution in [2.75, 3.05) is 24.5 Å². The van der Waals surface area contributed by atoms with Gasteiger partial charge >= 0.3 is 0 Å². The molecule has 0 saturated carbocycles. The number of ether oxygens (including phenoxy) is 1. The lowest BCUT2D eigenvalue weighted by atomic mass is 10.1. The molecule has 11 heteroatoms. The number of anilines is 1. The van der Waals surface area contributed by atoms with Gasteiger partial charge in [0, 0.05) is 18.1 Å². The lowest BCUT2D eigenvalue weighted by Gasteiger charge is -2.32. The summed E-state index contributed by atoms with van der Waals surface area (Å²) in [4.78, 5) is 28.1. The first kappa shape index (κ1) is 30.9. The summed E-state index contributed by atoms with van der Waals surface area (Å²) in [5.41, 5.74) is 0.751. The van der Waals surface area contributed by atoms with Crippen molar-refractivity contribution in [3.63, 3.8) is 0 Å². The molecule has 3 rings (SSSR count). The van der Waals surface area contributed by atoms with Gasteiger partial charge in [-0.25, -0.2) is 12.8 Å². The minimum absolute atomic E-state index is 0.0403. The molecule has 8 nitrogen and oxygen atoms in total. The Bertz CT molecular complexity index is 1420. The SMILES string of the molecule is COc1ccc(S(=O)(=O)N(CC(=O)N(Cc2ccc(F)cc2)C(C)C(=O)NCC(C)C)c2cccc(Cl)c2)cc1. The molecule has 1 atom stereocenters. The van der Waals surface area contributed by atoms with Crippen LogP contribution in [0, 0.1) is 11.7 Å². The van der Waals surface area contributed by atoms with Crippen molar-refractivity contribution in [2.45, 2.75) is 38.3 Å². The average Bonchev–Trinajstić information content (AvgIpc) is 2.93. The first-order valence-electron chi connectivity index (χ1n) is 12.7. The van der Waals surface area contributed by atoms with Gasteiger partial charge in [0.2, 0.25) is 11.8 Å². The molecule has 3 aromatic rings. The van der Waals surface area contributed by atoms with Gasteiger partial charge in [-0.2, -0.15) is 0 Å². The summed E-state index contributed by atoms with van der Waals surface area (Å²) < 4.78 is 47.3. The van der Waals surface area contributed by atoms with Gasteiger partial charge in [-0.05, 0) is 73.0 Å². The Hall–Kier alpha value is -3.63. The van der Waals surface area contributed by atoms with E-state index in [4.69, 9.17) is 16.3 Å². The fourth-order valence-corrected chi connectivity index (χ4v) is 5.45. The van der Waals surface area contributed by atoms with E-state index in [0.29, 0.717) is 17.9 Å². The second-order valence-electron chi connectivity index (χ2n) is 9.63. The molecule has 0 aliphatic heterocycles. The topological polar surface area (TPSA) is 96.0 Å². The van der Waals surface area contributed by atoms with E-state index >= 15 is 0 Å². The number of carbonyl (C=O) groups is 2. The maximum absolute atomic E-state index is 13.9. The van der Waals surface area contributed by atoms with E-state index in [0.717, 1.165) is 4.31 Å². The van der Waals surface area contributed by atoms with Crippen molar-refractivity contribution in [2.24, 2.45) is 5.92 Å².